The van der Waals surface area contributed by atoms with E-state index in [1.165, 1.54) is 4.88 Å². The molecule has 0 aromatic carbocycles. The van der Waals surface area contributed by atoms with Crippen LogP contribution in [-0.4, -0.2) is 53.6 Å². The Morgan fingerprint density at radius 1 is 1.22 bits per heavy atom. The van der Waals surface area contributed by atoms with Crippen molar-refractivity contribution in [1.29, 1.82) is 0 Å². The normalized spacial score (nSPS) is 16.7. The van der Waals surface area contributed by atoms with Crippen LogP contribution in [0.25, 0.3) is 0 Å². The van der Waals surface area contributed by atoms with E-state index in [2.05, 4.69) is 22.4 Å². The molecule has 1 fully saturated rings. The van der Waals surface area contributed by atoms with Crippen molar-refractivity contribution in [3.05, 3.63) is 22.4 Å². The fourth-order valence-electron chi connectivity index (χ4n) is 1.92. The molecule has 0 spiro atoms. The second-order valence-corrected chi connectivity index (χ2v) is 5.06. The molecule has 2 heterocycles. The van der Waals surface area contributed by atoms with Crippen LogP contribution < -0.4 is 0 Å². The maximum atomic E-state index is 10.6. The van der Waals surface area contributed by atoms with Crippen LogP contribution in [0.4, 0.5) is 0 Å². The van der Waals surface area contributed by atoms with E-state index in [0.29, 0.717) is 0 Å². The molecule has 0 radical (unpaired) electrons. The smallest absolute Gasteiger partial charge is 0.317 e. The average molecular weight is 313 g/mol. The summed E-state index contributed by atoms with van der Waals surface area (Å²) < 4.78 is 0. The lowest BCUT2D eigenvalue weighted by Gasteiger charge is -2.33. The minimum Gasteiger partial charge on any atom is -0.480 e. The molecule has 1 N–H and O–H groups in total. The van der Waals surface area contributed by atoms with Crippen molar-refractivity contribution in [3.63, 3.8) is 0 Å². The molecule has 0 unspecified atom stereocenters. The van der Waals surface area contributed by atoms with E-state index in [-0.39, 0.29) is 31.4 Å². The third-order valence-corrected chi connectivity index (χ3v) is 3.64. The summed E-state index contributed by atoms with van der Waals surface area (Å²) in [6, 6.07) is 4.22. The average Bonchev–Trinajstić information content (AvgIpc) is 2.73. The third kappa shape index (κ3) is 5.54. The van der Waals surface area contributed by atoms with E-state index in [9.17, 15) is 4.79 Å². The Kier molecular flexibility index (Phi) is 8.56. The number of aliphatic carboxylic acids is 1. The van der Waals surface area contributed by atoms with Crippen molar-refractivity contribution < 1.29 is 9.90 Å². The quantitative estimate of drug-likeness (QED) is 0.920. The summed E-state index contributed by atoms with van der Waals surface area (Å²) in [5.74, 6) is -0.730. The molecular weight excluding hydrogens is 295 g/mol. The number of nitrogens with zero attached hydrogens (tertiary/aromatic N) is 2. The summed E-state index contributed by atoms with van der Waals surface area (Å²) in [7, 11) is 0. The summed E-state index contributed by atoms with van der Waals surface area (Å²) in [6.45, 7) is 4.82. The molecule has 0 saturated carbocycles. The molecule has 104 valence electrons. The molecule has 7 heteroatoms. The number of piperazine rings is 1. The van der Waals surface area contributed by atoms with Gasteiger partial charge < -0.3 is 5.11 Å². The van der Waals surface area contributed by atoms with Crippen molar-refractivity contribution in [3.8, 4) is 0 Å². The molecule has 2 rings (SSSR count). The number of rotatable bonds is 4. The molecular formula is C11H18Cl2N2O2S. The molecule has 1 aliphatic rings. The Hall–Kier alpha value is -0.330. The summed E-state index contributed by atoms with van der Waals surface area (Å²) >= 11 is 1.78. The zero-order chi connectivity index (χ0) is 11.4. The molecule has 1 aliphatic heterocycles. The Bertz CT molecular complexity index is 341. The van der Waals surface area contributed by atoms with Crippen molar-refractivity contribution in [2.24, 2.45) is 0 Å². The van der Waals surface area contributed by atoms with Crippen molar-refractivity contribution >= 4 is 42.1 Å². The predicted molar refractivity (Wildman–Crippen MR) is 78.2 cm³/mol. The second-order valence-electron chi connectivity index (χ2n) is 4.03. The highest BCUT2D eigenvalue weighted by Gasteiger charge is 2.18. The van der Waals surface area contributed by atoms with Crippen LogP contribution >= 0.6 is 36.2 Å². The number of hydrogen-bond acceptors (Lipinski definition) is 4. The van der Waals surface area contributed by atoms with E-state index < -0.39 is 5.97 Å². The largest absolute Gasteiger partial charge is 0.480 e. The van der Waals surface area contributed by atoms with E-state index in [1.54, 1.807) is 11.3 Å². The van der Waals surface area contributed by atoms with E-state index in [0.717, 1.165) is 32.7 Å². The zero-order valence-corrected chi connectivity index (χ0v) is 12.4. The number of hydrogen-bond donors (Lipinski definition) is 1. The van der Waals surface area contributed by atoms with Crippen molar-refractivity contribution in [2.75, 3.05) is 32.7 Å². The molecule has 18 heavy (non-hydrogen) atoms. The van der Waals surface area contributed by atoms with Crippen LogP contribution in [0.5, 0.6) is 0 Å². The second kappa shape index (κ2) is 8.72. The molecule has 0 atom stereocenters. The lowest BCUT2D eigenvalue weighted by molar-refractivity contribution is -0.138. The van der Waals surface area contributed by atoms with Gasteiger partial charge in [-0.3, -0.25) is 14.6 Å². The van der Waals surface area contributed by atoms with Crippen LogP contribution in [0.15, 0.2) is 17.5 Å². The van der Waals surface area contributed by atoms with Gasteiger partial charge in [0.05, 0.1) is 6.54 Å². The van der Waals surface area contributed by atoms with Crippen LogP contribution in [0.3, 0.4) is 0 Å². The summed E-state index contributed by atoms with van der Waals surface area (Å²) in [5.41, 5.74) is 0. The van der Waals surface area contributed by atoms with Gasteiger partial charge in [0.15, 0.2) is 0 Å². The van der Waals surface area contributed by atoms with Crippen LogP contribution in [0.2, 0.25) is 0 Å². The number of carboxylic acids is 1. The summed E-state index contributed by atoms with van der Waals surface area (Å²) in [6.07, 6.45) is 0. The Labute approximate surface area is 123 Å². The lowest BCUT2D eigenvalue weighted by atomic mass is 10.3. The summed E-state index contributed by atoms with van der Waals surface area (Å²) in [4.78, 5) is 16.3. The van der Waals surface area contributed by atoms with Gasteiger partial charge in [-0.15, -0.1) is 36.2 Å². The van der Waals surface area contributed by atoms with E-state index in [1.807, 2.05) is 4.90 Å². The first-order valence-electron chi connectivity index (χ1n) is 5.43. The maximum Gasteiger partial charge on any atom is 0.317 e. The van der Waals surface area contributed by atoms with Gasteiger partial charge in [-0.25, -0.2) is 0 Å². The maximum absolute atomic E-state index is 10.6. The molecule has 1 saturated heterocycles. The minimum absolute atomic E-state index is 0. The first kappa shape index (κ1) is 17.7. The molecule has 0 bridgehead atoms. The number of carbonyl (C=O) groups is 1. The van der Waals surface area contributed by atoms with Crippen molar-refractivity contribution in [1.82, 2.24) is 9.80 Å². The lowest BCUT2D eigenvalue weighted by Crippen LogP contribution is -2.47. The highest BCUT2D eigenvalue weighted by atomic mass is 35.5. The number of carboxylic acid groups (broad SMARTS) is 1. The molecule has 0 aliphatic carbocycles. The Balaban J connectivity index is 0.00000144. The van der Waals surface area contributed by atoms with Crippen molar-refractivity contribution in [2.45, 2.75) is 6.54 Å². The van der Waals surface area contributed by atoms with E-state index >= 15 is 0 Å². The zero-order valence-electron chi connectivity index (χ0n) is 9.95. The van der Waals surface area contributed by atoms with Gasteiger partial charge >= 0.3 is 5.97 Å². The molecule has 0 amide bonds. The molecule has 1 aromatic heterocycles. The molecule has 1 aromatic rings. The highest BCUT2D eigenvalue weighted by Crippen LogP contribution is 2.13. The standard InChI is InChI=1S/C11H16N2O2S.2ClH/c14-11(15)9-13-5-3-12(4-6-13)8-10-2-1-7-16-10;;/h1-2,7H,3-6,8-9H2,(H,14,15);2*1H. The van der Waals surface area contributed by atoms with Gasteiger partial charge in [-0.05, 0) is 11.4 Å². The van der Waals surface area contributed by atoms with Crippen LogP contribution in [0, 0.1) is 0 Å². The highest BCUT2D eigenvalue weighted by molar-refractivity contribution is 7.09. The van der Waals surface area contributed by atoms with Gasteiger partial charge in [0, 0.05) is 37.6 Å². The SMILES string of the molecule is Cl.Cl.O=C(O)CN1CCN(Cc2cccs2)CC1. The Morgan fingerprint density at radius 2 is 1.83 bits per heavy atom. The first-order valence-corrected chi connectivity index (χ1v) is 6.31. The van der Waals surface area contributed by atoms with Crippen LogP contribution in [0.1, 0.15) is 4.88 Å². The number of halogens is 2. The van der Waals surface area contributed by atoms with Crippen LogP contribution in [-0.2, 0) is 11.3 Å². The van der Waals surface area contributed by atoms with Gasteiger partial charge in [0.2, 0.25) is 0 Å². The van der Waals surface area contributed by atoms with Gasteiger partial charge in [-0.2, -0.15) is 0 Å². The van der Waals surface area contributed by atoms with Gasteiger partial charge in [-0.1, -0.05) is 6.07 Å². The first-order chi connectivity index (χ1) is 7.74. The number of thiophene rings is 1. The fraction of sp³-hybridized carbons (Fsp3) is 0.545. The third-order valence-electron chi connectivity index (χ3n) is 2.78. The predicted octanol–water partition coefficient (Wildman–Crippen LogP) is 1.79. The van der Waals surface area contributed by atoms with E-state index in [4.69, 9.17) is 5.11 Å². The minimum atomic E-state index is -0.730. The monoisotopic (exact) mass is 312 g/mol. The molecule has 4 nitrogen and oxygen atoms in total. The topological polar surface area (TPSA) is 43.8 Å². The van der Waals surface area contributed by atoms with Gasteiger partial charge in [0.25, 0.3) is 0 Å². The fourth-order valence-corrected chi connectivity index (χ4v) is 2.67. The Morgan fingerprint density at radius 3 is 2.33 bits per heavy atom. The summed E-state index contributed by atoms with van der Waals surface area (Å²) in [5, 5.41) is 10.8. The van der Waals surface area contributed by atoms with Gasteiger partial charge in [0.1, 0.15) is 0 Å².